The summed E-state index contributed by atoms with van der Waals surface area (Å²) in [6.45, 7) is 5.93. The van der Waals surface area contributed by atoms with Gasteiger partial charge in [-0.2, -0.15) is 0 Å². The standard InChI is InChI=1S/C18H20ClNO2/c1-4-17(22-16-7-5-14(19)6-8-16)18(21)20-15-10-12(2)9-13(3)11-15/h5-11,17H,4H2,1-3H3,(H,20,21)/t17-/m0/s1. The van der Waals surface area contributed by atoms with Crippen molar-refractivity contribution in [2.24, 2.45) is 0 Å². The molecule has 3 nitrogen and oxygen atoms in total. The van der Waals surface area contributed by atoms with Crippen molar-refractivity contribution in [1.82, 2.24) is 0 Å². The lowest BCUT2D eigenvalue weighted by Gasteiger charge is -2.17. The Balaban J connectivity index is 2.06. The van der Waals surface area contributed by atoms with Gasteiger partial charge in [0.05, 0.1) is 0 Å². The van der Waals surface area contributed by atoms with Crippen LogP contribution in [0.3, 0.4) is 0 Å². The fourth-order valence-electron chi connectivity index (χ4n) is 2.27. The molecule has 2 aromatic carbocycles. The minimum absolute atomic E-state index is 0.151. The summed E-state index contributed by atoms with van der Waals surface area (Å²) in [5.74, 6) is 0.481. The van der Waals surface area contributed by atoms with Crippen LogP contribution < -0.4 is 10.1 Å². The first-order chi connectivity index (χ1) is 10.5. The van der Waals surface area contributed by atoms with Crippen LogP contribution in [0.25, 0.3) is 0 Å². The number of carbonyl (C=O) groups is 1. The van der Waals surface area contributed by atoms with Crippen LogP contribution in [0.2, 0.25) is 5.02 Å². The zero-order valence-corrected chi connectivity index (χ0v) is 13.8. The van der Waals surface area contributed by atoms with Crippen LogP contribution in [0.5, 0.6) is 5.75 Å². The van der Waals surface area contributed by atoms with Gasteiger partial charge in [-0.05, 0) is 67.8 Å². The second kappa shape index (κ2) is 7.32. The minimum Gasteiger partial charge on any atom is -0.481 e. The number of hydrogen-bond acceptors (Lipinski definition) is 2. The van der Waals surface area contributed by atoms with E-state index >= 15 is 0 Å². The van der Waals surface area contributed by atoms with E-state index in [0.717, 1.165) is 16.8 Å². The molecule has 0 saturated heterocycles. The van der Waals surface area contributed by atoms with Crippen molar-refractivity contribution in [3.63, 3.8) is 0 Å². The number of carbonyl (C=O) groups excluding carboxylic acids is 1. The molecular weight excluding hydrogens is 298 g/mol. The number of benzene rings is 2. The molecule has 116 valence electrons. The molecule has 1 amide bonds. The largest absolute Gasteiger partial charge is 0.481 e. The maximum Gasteiger partial charge on any atom is 0.265 e. The highest BCUT2D eigenvalue weighted by Gasteiger charge is 2.18. The average molecular weight is 318 g/mol. The normalized spacial score (nSPS) is 11.8. The van der Waals surface area contributed by atoms with E-state index < -0.39 is 6.10 Å². The van der Waals surface area contributed by atoms with Crippen molar-refractivity contribution in [3.8, 4) is 5.75 Å². The van der Waals surface area contributed by atoms with Gasteiger partial charge in [0.25, 0.3) is 5.91 Å². The van der Waals surface area contributed by atoms with Gasteiger partial charge in [-0.25, -0.2) is 0 Å². The molecule has 2 aromatic rings. The SMILES string of the molecule is CC[C@H](Oc1ccc(Cl)cc1)C(=O)Nc1cc(C)cc(C)c1. The number of nitrogens with one attached hydrogen (secondary N) is 1. The van der Waals surface area contributed by atoms with Crippen LogP contribution in [0.1, 0.15) is 24.5 Å². The number of hydrogen-bond donors (Lipinski definition) is 1. The topological polar surface area (TPSA) is 38.3 Å². The molecule has 1 N–H and O–H groups in total. The van der Waals surface area contributed by atoms with Crippen molar-refractivity contribution < 1.29 is 9.53 Å². The van der Waals surface area contributed by atoms with Gasteiger partial charge in [0.1, 0.15) is 5.75 Å². The lowest BCUT2D eigenvalue weighted by Crippen LogP contribution is -2.32. The summed E-state index contributed by atoms with van der Waals surface area (Å²) in [7, 11) is 0. The molecule has 0 aromatic heterocycles. The number of halogens is 1. The van der Waals surface area contributed by atoms with E-state index in [-0.39, 0.29) is 5.91 Å². The first-order valence-corrected chi connectivity index (χ1v) is 7.67. The van der Waals surface area contributed by atoms with Crippen LogP contribution in [0.15, 0.2) is 42.5 Å². The maximum absolute atomic E-state index is 12.4. The molecule has 0 radical (unpaired) electrons. The van der Waals surface area contributed by atoms with Crippen LogP contribution in [-0.4, -0.2) is 12.0 Å². The van der Waals surface area contributed by atoms with Crippen LogP contribution >= 0.6 is 11.6 Å². The third kappa shape index (κ3) is 4.50. The maximum atomic E-state index is 12.4. The number of aryl methyl sites for hydroxylation is 2. The summed E-state index contributed by atoms with van der Waals surface area (Å²) in [6, 6.07) is 13.0. The summed E-state index contributed by atoms with van der Waals surface area (Å²) in [5.41, 5.74) is 3.02. The van der Waals surface area contributed by atoms with E-state index in [1.54, 1.807) is 24.3 Å². The van der Waals surface area contributed by atoms with Crippen molar-refractivity contribution in [2.75, 3.05) is 5.32 Å². The lowest BCUT2D eigenvalue weighted by molar-refractivity contribution is -0.122. The Morgan fingerprint density at radius 2 is 1.73 bits per heavy atom. The van der Waals surface area contributed by atoms with E-state index in [4.69, 9.17) is 16.3 Å². The Bertz CT molecular complexity index is 632. The van der Waals surface area contributed by atoms with E-state index in [9.17, 15) is 4.79 Å². The zero-order chi connectivity index (χ0) is 16.1. The highest BCUT2D eigenvalue weighted by atomic mass is 35.5. The number of amides is 1. The van der Waals surface area contributed by atoms with Crippen molar-refractivity contribution in [1.29, 1.82) is 0 Å². The van der Waals surface area contributed by atoms with E-state index in [0.29, 0.717) is 17.2 Å². The fraction of sp³-hybridized carbons (Fsp3) is 0.278. The van der Waals surface area contributed by atoms with Crippen molar-refractivity contribution >= 4 is 23.2 Å². The summed E-state index contributed by atoms with van der Waals surface area (Å²) in [5, 5.41) is 3.56. The Labute approximate surface area is 136 Å². The Morgan fingerprint density at radius 1 is 1.14 bits per heavy atom. The van der Waals surface area contributed by atoms with Gasteiger partial charge in [0.15, 0.2) is 6.10 Å². The van der Waals surface area contributed by atoms with Crippen molar-refractivity contribution in [2.45, 2.75) is 33.3 Å². The molecular formula is C18H20ClNO2. The Hall–Kier alpha value is -2.00. The predicted molar refractivity (Wildman–Crippen MR) is 90.7 cm³/mol. The number of rotatable bonds is 5. The molecule has 0 aliphatic heterocycles. The molecule has 0 fully saturated rings. The molecule has 0 saturated carbocycles. The average Bonchev–Trinajstić information content (AvgIpc) is 2.45. The summed E-state index contributed by atoms with van der Waals surface area (Å²) >= 11 is 5.85. The van der Waals surface area contributed by atoms with Crippen LogP contribution in [0.4, 0.5) is 5.69 Å². The van der Waals surface area contributed by atoms with Gasteiger partial charge < -0.3 is 10.1 Å². The lowest BCUT2D eigenvalue weighted by atomic mass is 10.1. The molecule has 0 unspecified atom stereocenters. The van der Waals surface area contributed by atoms with E-state index in [1.165, 1.54) is 0 Å². The first-order valence-electron chi connectivity index (χ1n) is 7.29. The van der Waals surface area contributed by atoms with Crippen molar-refractivity contribution in [3.05, 3.63) is 58.6 Å². The fourth-order valence-corrected chi connectivity index (χ4v) is 2.40. The highest BCUT2D eigenvalue weighted by molar-refractivity contribution is 6.30. The molecule has 22 heavy (non-hydrogen) atoms. The molecule has 2 rings (SSSR count). The Morgan fingerprint density at radius 3 is 2.27 bits per heavy atom. The van der Waals surface area contributed by atoms with E-state index in [1.807, 2.05) is 32.9 Å². The summed E-state index contributed by atoms with van der Waals surface area (Å²) < 4.78 is 5.74. The molecule has 0 spiro atoms. The Kier molecular flexibility index (Phi) is 5.45. The highest BCUT2D eigenvalue weighted by Crippen LogP contribution is 2.19. The number of anilines is 1. The first kappa shape index (κ1) is 16.4. The second-order valence-electron chi connectivity index (χ2n) is 5.33. The van der Waals surface area contributed by atoms with Gasteiger partial charge >= 0.3 is 0 Å². The van der Waals surface area contributed by atoms with Gasteiger partial charge in [-0.15, -0.1) is 0 Å². The van der Waals surface area contributed by atoms with Gasteiger partial charge in [-0.3, -0.25) is 4.79 Å². The van der Waals surface area contributed by atoms with E-state index in [2.05, 4.69) is 11.4 Å². The number of ether oxygens (including phenoxy) is 1. The molecule has 0 aliphatic rings. The molecule has 4 heteroatoms. The monoisotopic (exact) mass is 317 g/mol. The van der Waals surface area contributed by atoms with Gasteiger partial charge in [-0.1, -0.05) is 24.6 Å². The zero-order valence-electron chi connectivity index (χ0n) is 13.0. The summed E-state index contributed by atoms with van der Waals surface area (Å²) in [4.78, 5) is 12.4. The third-order valence-corrected chi connectivity index (χ3v) is 3.50. The third-order valence-electron chi connectivity index (χ3n) is 3.24. The smallest absolute Gasteiger partial charge is 0.265 e. The quantitative estimate of drug-likeness (QED) is 0.864. The predicted octanol–water partition coefficient (Wildman–Crippen LogP) is 4.75. The summed E-state index contributed by atoms with van der Waals surface area (Å²) in [6.07, 6.45) is 0.0428. The molecule has 1 atom stereocenters. The van der Waals surface area contributed by atoms with Gasteiger partial charge in [0, 0.05) is 10.7 Å². The van der Waals surface area contributed by atoms with Crippen LogP contribution in [0, 0.1) is 13.8 Å². The molecule has 0 heterocycles. The minimum atomic E-state index is -0.540. The molecule has 0 bridgehead atoms. The van der Waals surface area contributed by atoms with Crippen LogP contribution in [-0.2, 0) is 4.79 Å². The second-order valence-corrected chi connectivity index (χ2v) is 5.77. The molecule has 0 aliphatic carbocycles. The van der Waals surface area contributed by atoms with Gasteiger partial charge in [0.2, 0.25) is 0 Å².